The predicted molar refractivity (Wildman–Crippen MR) is 83.6 cm³/mol. The molecule has 0 atom stereocenters. The number of hydrazone groups is 1. The Morgan fingerprint density at radius 2 is 2.10 bits per heavy atom. The summed E-state index contributed by atoms with van der Waals surface area (Å²) in [5, 5.41) is 16.1. The number of phenolic OH excluding ortho intramolecular Hbond substituents is 1. The van der Waals surface area contributed by atoms with Crippen LogP contribution < -0.4 is 5.43 Å². The molecule has 0 radical (unpaired) electrons. The van der Waals surface area contributed by atoms with E-state index in [1.54, 1.807) is 24.3 Å². The first-order valence-electron chi connectivity index (χ1n) is 6.64. The van der Waals surface area contributed by atoms with Gasteiger partial charge in [0.15, 0.2) is 0 Å². The van der Waals surface area contributed by atoms with Gasteiger partial charge in [0.2, 0.25) is 5.91 Å². The Labute approximate surface area is 127 Å². The van der Waals surface area contributed by atoms with Gasteiger partial charge in [0, 0.05) is 11.1 Å². The third-order valence-electron chi connectivity index (χ3n) is 2.83. The zero-order valence-electron chi connectivity index (χ0n) is 12.0. The lowest BCUT2D eigenvalue weighted by molar-refractivity contribution is -0.120. The minimum atomic E-state index is -0.186. The van der Waals surface area contributed by atoms with Crippen LogP contribution in [-0.2, 0) is 11.2 Å². The number of aromatic nitrogens is 1. The smallest absolute Gasteiger partial charge is 0.246 e. The summed E-state index contributed by atoms with van der Waals surface area (Å²) >= 11 is 1.47. The summed E-state index contributed by atoms with van der Waals surface area (Å²) in [6, 6.07) is 6.74. The first-order chi connectivity index (χ1) is 10.1. The number of carbonyl (C=O) groups is 1. The lowest BCUT2D eigenvalue weighted by Gasteiger charge is -2.05. The molecule has 1 aromatic heterocycles. The summed E-state index contributed by atoms with van der Waals surface area (Å²) in [5.74, 6) is 0.0199. The van der Waals surface area contributed by atoms with Gasteiger partial charge in [0.25, 0.3) is 0 Å². The third-order valence-corrected chi connectivity index (χ3v) is 3.80. The summed E-state index contributed by atoms with van der Waals surface area (Å²) < 4.78 is 0. The second-order valence-electron chi connectivity index (χ2n) is 4.55. The summed E-state index contributed by atoms with van der Waals surface area (Å²) in [7, 11) is 0. The van der Waals surface area contributed by atoms with Crippen LogP contribution in [0.4, 0.5) is 0 Å². The molecule has 0 unspecified atom stereocenters. The molecule has 2 N–H and O–H groups in total. The molecule has 0 saturated heterocycles. The highest BCUT2D eigenvalue weighted by molar-refractivity contribution is 7.09. The van der Waals surface area contributed by atoms with E-state index in [4.69, 9.17) is 0 Å². The van der Waals surface area contributed by atoms with Crippen molar-refractivity contribution in [2.24, 2.45) is 5.10 Å². The average Bonchev–Trinajstić information content (AvgIpc) is 2.86. The molecule has 0 aliphatic carbocycles. The van der Waals surface area contributed by atoms with E-state index in [0.29, 0.717) is 6.42 Å². The van der Waals surface area contributed by atoms with Gasteiger partial charge in [-0.15, -0.1) is 11.3 Å². The Balaban J connectivity index is 2.00. The van der Waals surface area contributed by atoms with Gasteiger partial charge in [-0.1, -0.05) is 6.92 Å². The molecule has 1 heterocycles. The van der Waals surface area contributed by atoms with Crippen molar-refractivity contribution in [2.75, 3.05) is 0 Å². The number of carbonyl (C=O) groups excluding carboxylic acids is 1. The number of phenols is 1. The number of hydrogen-bond acceptors (Lipinski definition) is 5. The maximum absolute atomic E-state index is 11.8. The standard InChI is InChI=1S/C15H17N3O2S/c1-3-13(11-4-6-12(19)7-5-11)17-18-14(20)8-15-16-10(2)9-21-15/h4-7,9,19H,3,8H2,1-2H3,(H,18,20)/b17-13+. The Hall–Kier alpha value is -2.21. The van der Waals surface area contributed by atoms with E-state index in [-0.39, 0.29) is 18.1 Å². The highest BCUT2D eigenvalue weighted by Crippen LogP contribution is 2.12. The van der Waals surface area contributed by atoms with E-state index in [9.17, 15) is 9.90 Å². The molecule has 5 nitrogen and oxygen atoms in total. The number of nitrogens with one attached hydrogen (secondary N) is 1. The van der Waals surface area contributed by atoms with Gasteiger partial charge < -0.3 is 5.11 Å². The maximum atomic E-state index is 11.8. The number of amides is 1. The lowest BCUT2D eigenvalue weighted by atomic mass is 10.1. The Morgan fingerprint density at radius 1 is 1.38 bits per heavy atom. The van der Waals surface area contributed by atoms with Gasteiger partial charge in [0.1, 0.15) is 10.8 Å². The van der Waals surface area contributed by atoms with Crippen LogP contribution in [0.2, 0.25) is 0 Å². The van der Waals surface area contributed by atoms with Gasteiger partial charge in [-0.25, -0.2) is 10.4 Å². The molecule has 0 bridgehead atoms. The van der Waals surface area contributed by atoms with Crippen LogP contribution in [0.15, 0.2) is 34.7 Å². The monoisotopic (exact) mass is 303 g/mol. The maximum Gasteiger partial charge on any atom is 0.246 e. The van der Waals surface area contributed by atoms with E-state index in [0.717, 1.165) is 22.0 Å². The van der Waals surface area contributed by atoms with Crippen LogP contribution in [0.5, 0.6) is 5.75 Å². The molecule has 6 heteroatoms. The molecular formula is C15H17N3O2S. The number of thiazole rings is 1. The van der Waals surface area contributed by atoms with Crippen molar-refractivity contribution in [3.05, 3.63) is 45.9 Å². The number of nitrogens with zero attached hydrogens (tertiary/aromatic N) is 2. The van der Waals surface area contributed by atoms with Crippen molar-refractivity contribution >= 4 is 23.0 Å². The van der Waals surface area contributed by atoms with Crippen molar-refractivity contribution in [3.8, 4) is 5.75 Å². The minimum absolute atomic E-state index is 0.186. The molecular weight excluding hydrogens is 286 g/mol. The van der Waals surface area contributed by atoms with Crippen LogP contribution in [0.25, 0.3) is 0 Å². The molecule has 2 aromatic rings. The molecule has 110 valence electrons. The van der Waals surface area contributed by atoms with E-state index in [1.807, 2.05) is 19.2 Å². The van der Waals surface area contributed by atoms with Crippen LogP contribution in [-0.4, -0.2) is 21.7 Å². The molecule has 2 rings (SSSR count). The van der Waals surface area contributed by atoms with Crippen LogP contribution in [0, 0.1) is 6.92 Å². The molecule has 0 aliphatic rings. The van der Waals surface area contributed by atoms with Crippen LogP contribution in [0.1, 0.15) is 29.6 Å². The van der Waals surface area contributed by atoms with E-state index >= 15 is 0 Å². The molecule has 0 spiro atoms. The Morgan fingerprint density at radius 3 is 2.67 bits per heavy atom. The van der Waals surface area contributed by atoms with Gasteiger partial charge in [-0.2, -0.15) is 5.10 Å². The van der Waals surface area contributed by atoms with E-state index in [1.165, 1.54) is 11.3 Å². The largest absolute Gasteiger partial charge is 0.508 e. The minimum Gasteiger partial charge on any atom is -0.508 e. The second kappa shape index (κ2) is 6.99. The number of aryl methyl sites for hydroxylation is 1. The van der Waals surface area contributed by atoms with Crippen molar-refractivity contribution < 1.29 is 9.90 Å². The second-order valence-corrected chi connectivity index (χ2v) is 5.50. The summed E-state index contributed by atoms with van der Waals surface area (Å²) in [5.41, 5.74) is 5.12. The molecule has 0 aliphatic heterocycles. The number of benzene rings is 1. The fraction of sp³-hybridized carbons (Fsp3) is 0.267. The highest BCUT2D eigenvalue weighted by Gasteiger charge is 2.07. The van der Waals surface area contributed by atoms with Gasteiger partial charge in [0.05, 0.1) is 12.1 Å². The molecule has 21 heavy (non-hydrogen) atoms. The summed E-state index contributed by atoms with van der Waals surface area (Å²) in [6.07, 6.45) is 0.913. The number of rotatable bonds is 5. The van der Waals surface area contributed by atoms with Gasteiger partial charge in [-0.05, 0) is 43.2 Å². The summed E-state index contributed by atoms with van der Waals surface area (Å²) in [6.45, 7) is 3.86. The zero-order chi connectivity index (χ0) is 15.2. The fourth-order valence-corrected chi connectivity index (χ4v) is 2.56. The number of aromatic hydroxyl groups is 1. The number of hydrogen-bond donors (Lipinski definition) is 2. The Bertz CT molecular complexity index is 647. The highest BCUT2D eigenvalue weighted by atomic mass is 32.1. The Kier molecular flexibility index (Phi) is 5.05. The van der Waals surface area contributed by atoms with Gasteiger partial charge in [-0.3, -0.25) is 4.79 Å². The topological polar surface area (TPSA) is 74.6 Å². The first kappa shape index (κ1) is 15.2. The molecule has 0 saturated carbocycles. The molecule has 0 fully saturated rings. The lowest BCUT2D eigenvalue weighted by Crippen LogP contribution is -2.21. The van der Waals surface area contributed by atoms with Crippen molar-refractivity contribution in [3.63, 3.8) is 0 Å². The van der Waals surface area contributed by atoms with E-state index < -0.39 is 0 Å². The van der Waals surface area contributed by atoms with Crippen molar-refractivity contribution in [2.45, 2.75) is 26.7 Å². The zero-order valence-corrected chi connectivity index (χ0v) is 12.8. The van der Waals surface area contributed by atoms with Gasteiger partial charge >= 0.3 is 0 Å². The SMILES string of the molecule is CC/C(=N\NC(=O)Cc1nc(C)cs1)c1ccc(O)cc1. The molecule has 1 aromatic carbocycles. The normalized spacial score (nSPS) is 11.4. The quantitative estimate of drug-likeness (QED) is 0.658. The van der Waals surface area contributed by atoms with Crippen molar-refractivity contribution in [1.82, 2.24) is 10.4 Å². The van der Waals surface area contributed by atoms with Crippen LogP contribution in [0.3, 0.4) is 0 Å². The van der Waals surface area contributed by atoms with Crippen molar-refractivity contribution in [1.29, 1.82) is 0 Å². The molecule has 1 amide bonds. The predicted octanol–water partition coefficient (Wildman–Crippen LogP) is 2.63. The average molecular weight is 303 g/mol. The van der Waals surface area contributed by atoms with E-state index in [2.05, 4.69) is 15.5 Å². The third kappa shape index (κ3) is 4.39. The summed E-state index contributed by atoms with van der Waals surface area (Å²) in [4.78, 5) is 16.1. The van der Waals surface area contributed by atoms with Crippen LogP contribution >= 0.6 is 11.3 Å². The fourth-order valence-electron chi connectivity index (χ4n) is 1.79. The first-order valence-corrected chi connectivity index (χ1v) is 7.52.